The lowest BCUT2D eigenvalue weighted by Crippen LogP contribution is -2.38. The molecule has 5 aromatic rings. The van der Waals surface area contributed by atoms with E-state index in [9.17, 15) is 0 Å². The first-order valence-electron chi connectivity index (χ1n) is 13.8. The van der Waals surface area contributed by atoms with Crippen LogP contribution in [0.15, 0.2) is 72.1 Å². The Morgan fingerprint density at radius 3 is 2.60 bits per heavy atom. The Labute approximate surface area is 247 Å². The number of nitrogens with zero attached hydrogens (tertiary/aromatic N) is 9. The molecule has 0 unspecified atom stereocenters. The first kappa shape index (κ1) is 27.4. The maximum absolute atomic E-state index is 9.05. The third kappa shape index (κ3) is 6.14. The van der Waals surface area contributed by atoms with Gasteiger partial charge in [0.05, 0.1) is 11.8 Å². The van der Waals surface area contributed by atoms with Gasteiger partial charge in [0.25, 0.3) is 0 Å². The topological polar surface area (TPSA) is 183 Å². The lowest BCUT2D eigenvalue weighted by molar-refractivity contribution is 0.211. The Balaban J connectivity index is 1.20. The number of benzene rings is 1. The van der Waals surface area contributed by atoms with Crippen LogP contribution in [0.1, 0.15) is 24.2 Å². The summed E-state index contributed by atoms with van der Waals surface area (Å²) in [5.74, 6) is 2.41. The Bertz CT molecular complexity index is 1810. The number of nitrogens with two attached hydrogens (primary N) is 1. The average molecular weight is 572 g/mol. The van der Waals surface area contributed by atoms with Crippen molar-refractivity contribution < 1.29 is 0 Å². The van der Waals surface area contributed by atoms with Gasteiger partial charge in [-0.3, -0.25) is 14.9 Å². The second-order valence-electron chi connectivity index (χ2n) is 10.0. The van der Waals surface area contributed by atoms with Crippen molar-refractivity contribution in [3.63, 3.8) is 0 Å². The summed E-state index contributed by atoms with van der Waals surface area (Å²) in [6.07, 6.45) is 7.65. The Morgan fingerprint density at radius 2 is 1.84 bits per heavy atom. The van der Waals surface area contributed by atoms with Crippen molar-refractivity contribution in [1.29, 1.82) is 10.7 Å². The SMILES string of the molecule is N#Cc1nccc(NC2CCN(Cc3ccc(-n4c(-c5cccnc5N)nc5ccc(N/N=C\C=N)nc54)cc3)CC2)n1. The zero-order valence-electron chi connectivity index (χ0n) is 23.2. The van der Waals surface area contributed by atoms with Crippen LogP contribution in [-0.4, -0.2) is 65.9 Å². The largest absolute Gasteiger partial charge is 0.383 e. The van der Waals surface area contributed by atoms with E-state index < -0.39 is 0 Å². The van der Waals surface area contributed by atoms with Crippen molar-refractivity contribution in [2.75, 3.05) is 29.6 Å². The van der Waals surface area contributed by atoms with Crippen molar-refractivity contribution in [2.24, 2.45) is 5.10 Å². The number of pyridine rings is 2. The fourth-order valence-electron chi connectivity index (χ4n) is 5.14. The number of fused-ring (bicyclic) bond motifs is 1. The molecule has 1 fully saturated rings. The highest BCUT2D eigenvalue weighted by molar-refractivity contribution is 6.14. The fraction of sp³-hybridized carbons (Fsp3) is 0.200. The molecule has 13 nitrogen and oxygen atoms in total. The molecule has 43 heavy (non-hydrogen) atoms. The summed E-state index contributed by atoms with van der Waals surface area (Å²) in [6.45, 7) is 2.74. The molecule has 0 spiro atoms. The lowest BCUT2D eigenvalue weighted by Gasteiger charge is -2.32. The van der Waals surface area contributed by atoms with Crippen LogP contribution in [0.25, 0.3) is 28.2 Å². The van der Waals surface area contributed by atoms with Crippen LogP contribution >= 0.6 is 0 Å². The van der Waals surface area contributed by atoms with E-state index in [1.807, 2.05) is 28.8 Å². The maximum Gasteiger partial charge on any atom is 0.234 e. The highest BCUT2D eigenvalue weighted by Gasteiger charge is 2.21. The summed E-state index contributed by atoms with van der Waals surface area (Å²) in [7, 11) is 0. The van der Waals surface area contributed by atoms with E-state index in [4.69, 9.17) is 26.4 Å². The van der Waals surface area contributed by atoms with E-state index in [2.05, 4.69) is 60.0 Å². The van der Waals surface area contributed by atoms with Crippen LogP contribution in [0.4, 0.5) is 17.5 Å². The van der Waals surface area contributed by atoms with Gasteiger partial charge < -0.3 is 16.5 Å². The zero-order valence-corrected chi connectivity index (χ0v) is 23.2. The minimum atomic E-state index is 0.173. The van der Waals surface area contributed by atoms with Gasteiger partial charge in [-0.05, 0) is 60.9 Å². The first-order chi connectivity index (χ1) is 21.1. The minimum Gasteiger partial charge on any atom is -0.383 e. The first-order valence-corrected chi connectivity index (χ1v) is 13.8. The van der Waals surface area contributed by atoms with Crippen LogP contribution in [0, 0.1) is 16.7 Å². The molecular formula is C30H29N13. The molecule has 0 amide bonds. The molecule has 1 saturated heterocycles. The molecule has 0 atom stereocenters. The van der Waals surface area contributed by atoms with Gasteiger partial charge >= 0.3 is 0 Å². The van der Waals surface area contributed by atoms with Gasteiger partial charge in [-0.25, -0.2) is 24.9 Å². The molecule has 5 heterocycles. The van der Waals surface area contributed by atoms with E-state index in [-0.39, 0.29) is 5.82 Å². The van der Waals surface area contributed by atoms with Crippen molar-refractivity contribution in [1.82, 2.24) is 34.4 Å². The molecule has 214 valence electrons. The number of aromatic nitrogens is 6. The highest BCUT2D eigenvalue weighted by atomic mass is 15.3. The zero-order chi connectivity index (χ0) is 29.6. The van der Waals surface area contributed by atoms with Gasteiger partial charge in [-0.15, -0.1) is 0 Å². The molecule has 1 aromatic carbocycles. The molecule has 4 aromatic heterocycles. The molecule has 1 aliphatic heterocycles. The molecule has 1 aliphatic rings. The van der Waals surface area contributed by atoms with E-state index in [0.717, 1.165) is 44.4 Å². The monoisotopic (exact) mass is 571 g/mol. The highest BCUT2D eigenvalue weighted by Crippen LogP contribution is 2.31. The number of nitrogens with one attached hydrogen (secondary N) is 3. The number of anilines is 3. The van der Waals surface area contributed by atoms with Crippen LogP contribution < -0.4 is 16.5 Å². The second-order valence-corrected chi connectivity index (χ2v) is 10.0. The van der Waals surface area contributed by atoms with Crippen LogP contribution in [0.5, 0.6) is 0 Å². The standard InChI is InChI=1S/C30H29N13/c31-12-15-36-41-26-8-7-24-30(40-26)43(29(38-24)23-2-1-13-35-28(23)33)22-5-3-20(4-6-22)19-42-16-10-21(11-17-42)37-25-9-14-34-27(18-32)39-25/h1-9,12-15,21,31H,10-11,16-17,19H2,(H2,33,35)(H,40,41)(H,34,37,39)/b31-12?,36-15-. The predicted octanol–water partition coefficient (Wildman–Crippen LogP) is 3.85. The molecule has 6 rings (SSSR count). The molecule has 0 bridgehead atoms. The van der Waals surface area contributed by atoms with E-state index >= 15 is 0 Å². The quantitative estimate of drug-likeness (QED) is 0.150. The molecule has 0 saturated carbocycles. The van der Waals surface area contributed by atoms with Crippen molar-refractivity contribution in [3.05, 3.63) is 78.4 Å². The van der Waals surface area contributed by atoms with Crippen LogP contribution in [-0.2, 0) is 6.54 Å². The molecular weight excluding hydrogens is 542 g/mol. The van der Waals surface area contributed by atoms with Gasteiger partial charge in [0.15, 0.2) is 11.5 Å². The van der Waals surface area contributed by atoms with Gasteiger partial charge in [0.2, 0.25) is 5.82 Å². The molecule has 13 heteroatoms. The maximum atomic E-state index is 9.05. The number of hydrogen-bond donors (Lipinski definition) is 4. The van der Waals surface area contributed by atoms with Gasteiger partial charge in [-0.2, -0.15) is 10.4 Å². The van der Waals surface area contributed by atoms with Gasteiger partial charge in [0.1, 0.15) is 29.0 Å². The van der Waals surface area contributed by atoms with Crippen LogP contribution in [0.3, 0.4) is 0 Å². The van der Waals surface area contributed by atoms with E-state index in [1.54, 1.807) is 24.5 Å². The number of hydrogen-bond acceptors (Lipinski definition) is 12. The van der Waals surface area contributed by atoms with Crippen LogP contribution in [0.2, 0.25) is 0 Å². The van der Waals surface area contributed by atoms with E-state index in [1.165, 1.54) is 11.8 Å². The average Bonchev–Trinajstić information content (AvgIpc) is 3.41. The molecule has 0 radical (unpaired) electrons. The summed E-state index contributed by atoms with van der Waals surface area (Å²) in [6, 6.07) is 19.9. The summed E-state index contributed by atoms with van der Waals surface area (Å²) in [5, 5.41) is 23.6. The van der Waals surface area contributed by atoms with Gasteiger partial charge in [0, 0.05) is 50.0 Å². The minimum absolute atomic E-state index is 0.173. The number of imidazole rings is 1. The fourth-order valence-corrected chi connectivity index (χ4v) is 5.14. The number of rotatable bonds is 9. The Hall–Kier alpha value is -5.74. The number of likely N-dealkylation sites (tertiary alicyclic amines) is 1. The summed E-state index contributed by atoms with van der Waals surface area (Å²) >= 11 is 0. The number of nitrogen functional groups attached to an aromatic ring is 1. The van der Waals surface area contributed by atoms with Gasteiger partial charge in [-0.1, -0.05) is 12.1 Å². The normalized spacial score (nSPS) is 14.1. The smallest absolute Gasteiger partial charge is 0.234 e. The Morgan fingerprint density at radius 1 is 1.00 bits per heavy atom. The number of piperidine rings is 1. The van der Waals surface area contributed by atoms with E-state index in [0.29, 0.717) is 46.0 Å². The predicted molar refractivity (Wildman–Crippen MR) is 166 cm³/mol. The summed E-state index contributed by atoms with van der Waals surface area (Å²) in [5.41, 5.74) is 13.3. The molecule has 0 aliphatic carbocycles. The van der Waals surface area contributed by atoms with Crippen molar-refractivity contribution in [2.45, 2.75) is 25.4 Å². The molecule has 5 N–H and O–H groups in total. The third-order valence-electron chi connectivity index (χ3n) is 7.21. The Kier molecular flexibility index (Phi) is 7.92. The van der Waals surface area contributed by atoms with Crippen molar-refractivity contribution >= 4 is 41.0 Å². The number of nitriles is 1. The lowest BCUT2D eigenvalue weighted by atomic mass is 10.0. The number of hydrazone groups is 1. The second kappa shape index (κ2) is 12.4. The third-order valence-corrected chi connectivity index (χ3v) is 7.21. The van der Waals surface area contributed by atoms with Crippen molar-refractivity contribution in [3.8, 4) is 23.1 Å². The summed E-state index contributed by atoms with van der Waals surface area (Å²) < 4.78 is 1.97. The summed E-state index contributed by atoms with van der Waals surface area (Å²) in [4.78, 5) is 24.5.